The van der Waals surface area contributed by atoms with Gasteiger partial charge < -0.3 is 4.90 Å². The fourth-order valence-corrected chi connectivity index (χ4v) is 3.26. The molecule has 98 valence electrons. The summed E-state index contributed by atoms with van der Waals surface area (Å²) in [4.78, 5) is 16.3. The Morgan fingerprint density at radius 1 is 1.12 bits per heavy atom. The molecule has 2 heterocycles. The lowest BCUT2D eigenvalue weighted by atomic mass is 10.1. The lowest BCUT2D eigenvalue weighted by Gasteiger charge is -2.24. The zero-order valence-electron chi connectivity index (χ0n) is 11.2. The Hall–Kier alpha value is -0.410. The smallest absolute Gasteiger partial charge is 0.131 e. The number of ketones is 1. The van der Waals surface area contributed by atoms with Crippen molar-refractivity contribution in [1.82, 2.24) is 9.80 Å². The van der Waals surface area contributed by atoms with E-state index in [0.29, 0.717) is 11.8 Å². The summed E-state index contributed by atoms with van der Waals surface area (Å²) < 4.78 is 0. The Balaban J connectivity index is 1.64. The van der Waals surface area contributed by atoms with Crippen LogP contribution in [0.5, 0.6) is 0 Å². The number of nitrogens with zero attached hydrogens (tertiary/aromatic N) is 2. The third-order valence-corrected chi connectivity index (χ3v) is 4.14. The van der Waals surface area contributed by atoms with Crippen LogP contribution in [0.2, 0.25) is 0 Å². The van der Waals surface area contributed by atoms with E-state index < -0.39 is 0 Å². The van der Waals surface area contributed by atoms with Gasteiger partial charge in [0.1, 0.15) is 5.78 Å². The van der Waals surface area contributed by atoms with E-state index in [-0.39, 0.29) is 0 Å². The van der Waals surface area contributed by atoms with Crippen LogP contribution < -0.4 is 0 Å². The minimum Gasteiger partial charge on any atom is -0.303 e. The summed E-state index contributed by atoms with van der Waals surface area (Å²) in [5.74, 6) is 0.349. The average Bonchev–Trinajstić information content (AvgIpc) is 2.90. The minimum absolute atomic E-state index is 0.349. The monoisotopic (exact) mass is 238 g/mol. The SMILES string of the molecule is CC(=O)CC1CCCN1CCCN1CCCC1. The number of carbonyl (C=O) groups is 1. The maximum absolute atomic E-state index is 11.2. The molecule has 3 nitrogen and oxygen atoms in total. The number of carbonyl (C=O) groups excluding carboxylic acids is 1. The van der Waals surface area contributed by atoms with Crippen molar-refractivity contribution >= 4 is 5.78 Å². The van der Waals surface area contributed by atoms with Gasteiger partial charge in [0.15, 0.2) is 0 Å². The minimum atomic E-state index is 0.349. The van der Waals surface area contributed by atoms with Crippen LogP contribution in [-0.2, 0) is 4.79 Å². The highest BCUT2D eigenvalue weighted by atomic mass is 16.1. The van der Waals surface area contributed by atoms with Crippen LogP contribution in [0.3, 0.4) is 0 Å². The van der Waals surface area contributed by atoms with Gasteiger partial charge in [0, 0.05) is 12.5 Å². The molecule has 0 saturated carbocycles. The molecule has 1 atom stereocenters. The van der Waals surface area contributed by atoms with Crippen molar-refractivity contribution in [3.63, 3.8) is 0 Å². The van der Waals surface area contributed by atoms with Crippen LogP contribution in [0.25, 0.3) is 0 Å². The van der Waals surface area contributed by atoms with Crippen molar-refractivity contribution in [2.75, 3.05) is 32.7 Å². The zero-order valence-corrected chi connectivity index (χ0v) is 11.2. The Morgan fingerprint density at radius 2 is 1.88 bits per heavy atom. The van der Waals surface area contributed by atoms with Gasteiger partial charge in [-0.05, 0) is 71.8 Å². The highest BCUT2D eigenvalue weighted by molar-refractivity contribution is 5.76. The average molecular weight is 238 g/mol. The molecule has 0 spiro atoms. The third-order valence-electron chi connectivity index (χ3n) is 4.14. The number of rotatable bonds is 6. The quantitative estimate of drug-likeness (QED) is 0.706. The number of likely N-dealkylation sites (tertiary alicyclic amines) is 2. The second kappa shape index (κ2) is 6.50. The predicted octanol–water partition coefficient (Wildman–Crippen LogP) is 1.92. The van der Waals surface area contributed by atoms with Crippen LogP contribution >= 0.6 is 0 Å². The van der Waals surface area contributed by atoms with E-state index >= 15 is 0 Å². The number of hydrogen-bond acceptors (Lipinski definition) is 3. The molecule has 0 N–H and O–H groups in total. The van der Waals surface area contributed by atoms with Crippen LogP contribution in [0, 0.1) is 0 Å². The van der Waals surface area contributed by atoms with Gasteiger partial charge >= 0.3 is 0 Å². The van der Waals surface area contributed by atoms with Gasteiger partial charge in [0.25, 0.3) is 0 Å². The van der Waals surface area contributed by atoms with E-state index in [9.17, 15) is 4.79 Å². The van der Waals surface area contributed by atoms with Gasteiger partial charge in [0.05, 0.1) is 0 Å². The Bertz CT molecular complexity index is 249. The van der Waals surface area contributed by atoms with Gasteiger partial charge in [0.2, 0.25) is 0 Å². The first-order chi connectivity index (χ1) is 8.25. The van der Waals surface area contributed by atoms with Crippen molar-refractivity contribution in [3.05, 3.63) is 0 Å². The zero-order chi connectivity index (χ0) is 12.1. The number of Topliss-reactive ketones (excluding diaryl/α,β-unsaturated/α-hetero) is 1. The number of hydrogen-bond donors (Lipinski definition) is 0. The normalized spacial score (nSPS) is 26.8. The fraction of sp³-hybridized carbons (Fsp3) is 0.929. The predicted molar refractivity (Wildman–Crippen MR) is 70.2 cm³/mol. The molecule has 2 fully saturated rings. The van der Waals surface area contributed by atoms with Crippen molar-refractivity contribution in [1.29, 1.82) is 0 Å². The summed E-state index contributed by atoms with van der Waals surface area (Å²) in [6.45, 7) is 7.98. The molecule has 0 aromatic carbocycles. The summed E-state index contributed by atoms with van der Waals surface area (Å²) in [7, 11) is 0. The molecular formula is C14H26N2O. The molecule has 1 unspecified atom stereocenters. The highest BCUT2D eigenvalue weighted by Crippen LogP contribution is 2.20. The van der Waals surface area contributed by atoms with Gasteiger partial charge in [-0.1, -0.05) is 0 Å². The molecule has 0 aromatic rings. The molecule has 0 radical (unpaired) electrons. The first-order valence-corrected chi connectivity index (χ1v) is 7.21. The first-order valence-electron chi connectivity index (χ1n) is 7.21. The summed E-state index contributed by atoms with van der Waals surface area (Å²) in [6.07, 6.45) is 7.32. The standard InChI is InChI=1S/C14H26N2O/c1-13(17)12-14-6-4-10-16(14)11-5-9-15-7-2-3-8-15/h14H,2-12H2,1H3. The Labute approximate surface area is 105 Å². The van der Waals surface area contributed by atoms with Crippen molar-refractivity contribution in [3.8, 4) is 0 Å². The molecule has 17 heavy (non-hydrogen) atoms. The third kappa shape index (κ3) is 4.07. The van der Waals surface area contributed by atoms with Gasteiger partial charge in [-0.2, -0.15) is 0 Å². The largest absolute Gasteiger partial charge is 0.303 e. The summed E-state index contributed by atoms with van der Waals surface area (Å²) in [5, 5.41) is 0. The lowest BCUT2D eigenvalue weighted by Crippen LogP contribution is -2.33. The molecule has 2 rings (SSSR count). The fourth-order valence-electron chi connectivity index (χ4n) is 3.26. The topological polar surface area (TPSA) is 23.6 Å². The van der Waals surface area contributed by atoms with E-state index in [2.05, 4.69) is 9.80 Å². The molecule has 0 aliphatic carbocycles. The Kier molecular flexibility index (Phi) is 4.99. The van der Waals surface area contributed by atoms with E-state index in [4.69, 9.17) is 0 Å². The molecule has 3 heteroatoms. The maximum Gasteiger partial charge on any atom is 0.131 e. The molecular weight excluding hydrogens is 212 g/mol. The van der Waals surface area contributed by atoms with Crippen molar-refractivity contribution in [2.45, 2.75) is 51.5 Å². The Morgan fingerprint density at radius 3 is 2.59 bits per heavy atom. The molecule has 2 aliphatic heterocycles. The molecule has 2 saturated heterocycles. The van der Waals surface area contributed by atoms with Gasteiger partial charge in [-0.3, -0.25) is 9.69 Å². The van der Waals surface area contributed by atoms with Crippen molar-refractivity contribution < 1.29 is 4.79 Å². The van der Waals surface area contributed by atoms with Crippen LogP contribution in [0.4, 0.5) is 0 Å². The molecule has 0 aromatic heterocycles. The second-order valence-electron chi connectivity index (χ2n) is 5.64. The van der Waals surface area contributed by atoms with Crippen LogP contribution in [0.1, 0.15) is 45.4 Å². The van der Waals surface area contributed by atoms with E-state index in [1.54, 1.807) is 6.92 Å². The first kappa shape index (κ1) is 13.0. The summed E-state index contributed by atoms with van der Waals surface area (Å²) in [5.41, 5.74) is 0. The molecule has 2 aliphatic rings. The summed E-state index contributed by atoms with van der Waals surface area (Å²) in [6, 6.07) is 0.547. The molecule has 0 amide bonds. The van der Waals surface area contributed by atoms with E-state index in [0.717, 1.165) is 6.42 Å². The van der Waals surface area contributed by atoms with Gasteiger partial charge in [-0.15, -0.1) is 0 Å². The maximum atomic E-state index is 11.2. The highest BCUT2D eigenvalue weighted by Gasteiger charge is 2.25. The second-order valence-corrected chi connectivity index (χ2v) is 5.64. The van der Waals surface area contributed by atoms with Gasteiger partial charge in [-0.25, -0.2) is 0 Å². The van der Waals surface area contributed by atoms with E-state index in [1.165, 1.54) is 64.8 Å². The van der Waals surface area contributed by atoms with Crippen LogP contribution in [0.15, 0.2) is 0 Å². The van der Waals surface area contributed by atoms with E-state index in [1.807, 2.05) is 0 Å². The molecule has 0 bridgehead atoms. The lowest BCUT2D eigenvalue weighted by molar-refractivity contribution is -0.118. The summed E-state index contributed by atoms with van der Waals surface area (Å²) >= 11 is 0. The van der Waals surface area contributed by atoms with Crippen LogP contribution in [-0.4, -0.2) is 54.3 Å². The van der Waals surface area contributed by atoms with Crippen molar-refractivity contribution in [2.24, 2.45) is 0 Å².